The smallest absolute Gasteiger partial charge is 0.0775 e. The zero-order valence-electron chi connectivity index (χ0n) is 7.13. The van der Waals surface area contributed by atoms with Crippen LogP contribution >= 0.6 is 11.6 Å². The molecule has 0 spiro atoms. The fourth-order valence-electron chi connectivity index (χ4n) is 1.15. The molecule has 0 saturated heterocycles. The minimum absolute atomic E-state index is 0.501. The van der Waals surface area contributed by atoms with Crippen molar-refractivity contribution in [3.8, 4) is 0 Å². The maximum absolute atomic E-state index is 5.64. The van der Waals surface area contributed by atoms with Crippen molar-refractivity contribution in [1.82, 2.24) is 9.78 Å². The van der Waals surface area contributed by atoms with Crippen LogP contribution in [0.3, 0.4) is 0 Å². The summed E-state index contributed by atoms with van der Waals surface area (Å²) in [4.78, 5) is 0. The second-order valence-corrected chi connectivity index (χ2v) is 3.24. The topological polar surface area (TPSA) is 17.8 Å². The first-order valence-electron chi connectivity index (χ1n) is 3.74. The first kappa shape index (κ1) is 8.60. The predicted octanol–water partition coefficient (Wildman–Crippen LogP) is 2.28. The molecule has 0 aliphatic heterocycles. The second-order valence-electron chi connectivity index (χ2n) is 2.97. The highest BCUT2D eigenvalue weighted by Gasteiger charge is 2.06. The highest BCUT2D eigenvalue weighted by atomic mass is 35.5. The number of hydrogen-bond acceptors (Lipinski definition) is 1. The van der Waals surface area contributed by atoms with Gasteiger partial charge in [0.1, 0.15) is 0 Å². The largest absolute Gasteiger partial charge is 0.272 e. The van der Waals surface area contributed by atoms with Crippen LogP contribution in [0.2, 0.25) is 0 Å². The standard InChI is InChI=1S/C8H13ClN2/c1-6(2)8-4-7(5-9)10-11(8)3/h4,6H,5H2,1-3H3. The summed E-state index contributed by atoms with van der Waals surface area (Å²) in [6, 6.07) is 2.05. The Kier molecular flexibility index (Phi) is 2.55. The van der Waals surface area contributed by atoms with Crippen LogP contribution in [0.5, 0.6) is 0 Å². The van der Waals surface area contributed by atoms with Crippen molar-refractivity contribution in [2.45, 2.75) is 25.6 Å². The van der Waals surface area contributed by atoms with Gasteiger partial charge in [-0.1, -0.05) is 13.8 Å². The predicted molar refractivity (Wildman–Crippen MR) is 46.9 cm³/mol. The highest BCUT2D eigenvalue weighted by molar-refractivity contribution is 6.16. The molecule has 0 radical (unpaired) electrons. The van der Waals surface area contributed by atoms with E-state index in [-0.39, 0.29) is 0 Å². The molecule has 1 aromatic heterocycles. The third kappa shape index (κ3) is 1.74. The third-order valence-electron chi connectivity index (χ3n) is 1.70. The van der Waals surface area contributed by atoms with Gasteiger partial charge in [0, 0.05) is 12.7 Å². The quantitative estimate of drug-likeness (QED) is 0.626. The minimum atomic E-state index is 0.501. The Morgan fingerprint density at radius 3 is 2.55 bits per heavy atom. The summed E-state index contributed by atoms with van der Waals surface area (Å²) in [5.74, 6) is 1.02. The van der Waals surface area contributed by atoms with Gasteiger partial charge in [-0.05, 0) is 12.0 Å². The van der Waals surface area contributed by atoms with Gasteiger partial charge in [0.15, 0.2) is 0 Å². The summed E-state index contributed by atoms with van der Waals surface area (Å²) < 4.78 is 1.89. The van der Waals surface area contributed by atoms with Crippen LogP contribution in [0, 0.1) is 0 Å². The van der Waals surface area contributed by atoms with E-state index >= 15 is 0 Å². The van der Waals surface area contributed by atoms with E-state index in [9.17, 15) is 0 Å². The van der Waals surface area contributed by atoms with Crippen LogP contribution in [0.4, 0.5) is 0 Å². The van der Waals surface area contributed by atoms with Gasteiger partial charge >= 0.3 is 0 Å². The highest BCUT2D eigenvalue weighted by Crippen LogP contribution is 2.15. The Hall–Kier alpha value is -0.500. The molecule has 0 saturated carbocycles. The second kappa shape index (κ2) is 3.26. The normalized spacial score (nSPS) is 11.0. The lowest BCUT2D eigenvalue weighted by Crippen LogP contribution is -1.99. The molecule has 0 aliphatic carbocycles. The number of aryl methyl sites for hydroxylation is 1. The summed E-state index contributed by atoms with van der Waals surface area (Å²) >= 11 is 5.64. The van der Waals surface area contributed by atoms with Crippen molar-refractivity contribution in [2.75, 3.05) is 0 Å². The zero-order valence-corrected chi connectivity index (χ0v) is 7.89. The maximum Gasteiger partial charge on any atom is 0.0775 e. The van der Waals surface area contributed by atoms with Crippen LogP contribution in [0.15, 0.2) is 6.07 Å². The molecule has 0 unspecified atom stereocenters. The summed E-state index contributed by atoms with van der Waals surface area (Å²) in [6.07, 6.45) is 0. The van der Waals surface area contributed by atoms with Gasteiger partial charge in [0.05, 0.1) is 11.6 Å². The fraction of sp³-hybridized carbons (Fsp3) is 0.625. The molecule has 1 heterocycles. The summed E-state index contributed by atoms with van der Waals surface area (Å²) in [5, 5.41) is 4.24. The number of alkyl halides is 1. The molecular formula is C8H13ClN2. The molecule has 11 heavy (non-hydrogen) atoms. The van der Waals surface area contributed by atoms with Crippen LogP contribution in [-0.4, -0.2) is 9.78 Å². The lowest BCUT2D eigenvalue weighted by molar-refractivity contribution is 0.665. The van der Waals surface area contributed by atoms with Crippen molar-refractivity contribution in [2.24, 2.45) is 7.05 Å². The van der Waals surface area contributed by atoms with E-state index in [0.29, 0.717) is 11.8 Å². The number of nitrogens with zero attached hydrogens (tertiary/aromatic N) is 2. The van der Waals surface area contributed by atoms with Crippen molar-refractivity contribution < 1.29 is 0 Å². The molecular weight excluding hydrogens is 160 g/mol. The van der Waals surface area contributed by atoms with Crippen LogP contribution in [-0.2, 0) is 12.9 Å². The van der Waals surface area contributed by atoms with Crippen LogP contribution in [0.25, 0.3) is 0 Å². The Morgan fingerprint density at radius 1 is 1.64 bits per heavy atom. The lowest BCUT2D eigenvalue weighted by atomic mass is 10.1. The van der Waals surface area contributed by atoms with Crippen LogP contribution in [0.1, 0.15) is 31.2 Å². The average molecular weight is 173 g/mol. The summed E-state index contributed by atoms with van der Waals surface area (Å²) in [7, 11) is 1.95. The van der Waals surface area contributed by atoms with Crippen molar-refractivity contribution in [3.05, 3.63) is 17.5 Å². The van der Waals surface area contributed by atoms with E-state index in [4.69, 9.17) is 11.6 Å². The van der Waals surface area contributed by atoms with Gasteiger partial charge in [-0.25, -0.2) is 0 Å². The van der Waals surface area contributed by atoms with E-state index in [1.165, 1.54) is 5.69 Å². The van der Waals surface area contributed by atoms with Crippen molar-refractivity contribution in [1.29, 1.82) is 0 Å². The first-order chi connectivity index (χ1) is 5.15. The molecule has 0 bridgehead atoms. The Morgan fingerprint density at radius 2 is 2.27 bits per heavy atom. The van der Waals surface area contributed by atoms with Gasteiger partial charge in [-0.15, -0.1) is 11.6 Å². The molecule has 0 N–H and O–H groups in total. The van der Waals surface area contributed by atoms with E-state index in [1.807, 2.05) is 11.7 Å². The van der Waals surface area contributed by atoms with E-state index in [0.717, 1.165) is 5.69 Å². The maximum atomic E-state index is 5.64. The molecule has 0 aromatic carbocycles. The molecule has 0 aliphatic rings. The molecule has 2 nitrogen and oxygen atoms in total. The van der Waals surface area contributed by atoms with Gasteiger partial charge in [0.25, 0.3) is 0 Å². The van der Waals surface area contributed by atoms with Gasteiger partial charge in [-0.3, -0.25) is 4.68 Å². The molecule has 62 valence electrons. The average Bonchev–Trinajstić information content (AvgIpc) is 2.30. The number of rotatable bonds is 2. The first-order valence-corrected chi connectivity index (χ1v) is 4.27. The van der Waals surface area contributed by atoms with Crippen LogP contribution < -0.4 is 0 Å². The SMILES string of the molecule is CC(C)c1cc(CCl)nn1C. The minimum Gasteiger partial charge on any atom is -0.272 e. The molecule has 1 aromatic rings. The molecule has 0 amide bonds. The molecule has 3 heteroatoms. The fourth-order valence-corrected chi connectivity index (χ4v) is 1.28. The third-order valence-corrected chi connectivity index (χ3v) is 1.97. The molecule has 0 fully saturated rings. The van der Waals surface area contributed by atoms with Gasteiger partial charge < -0.3 is 0 Å². The van der Waals surface area contributed by atoms with Crippen molar-refractivity contribution >= 4 is 11.6 Å². The van der Waals surface area contributed by atoms with E-state index < -0.39 is 0 Å². The summed E-state index contributed by atoms with van der Waals surface area (Å²) in [5.41, 5.74) is 2.19. The number of hydrogen-bond donors (Lipinski definition) is 0. The molecule has 1 rings (SSSR count). The van der Waals surface area contributed by atoms with Crippen molar-refractivity contribution in [3.63, 3.8) is 0 Å². The molecule has 0 atom stereocenters. The van der Waals surface area contributed by atoms with Gasteiger partial charge in [-0.2, -0.15) is 5.10 Å². The number of halogens is 1. The Labute approximate surface area is 72.2 Å². The Balaban J connectivity index is 2.97. The zero-order chi connectivity index (χ0) is 8.43. The van der Waals surface area contributed by atoms with E-state index in [2.05, 4.69) is 25.0 Å². The summed E-state index contributed by atoms with van der Waals surface area (Å²) in [6.45, 7) is 4.30. The Bertz CT molecular complexity index is 240. The number of aromatic nitrogens is 2. The van der Waals surface area contributed by atoms with E-state index in [1.54, 1.807) is 0 Å². The monoisotopic (exact) mass is 172 g/mol. The van der Waals surface area contributed by atoms with Gasteiger partial charge in [0.2, 0.25) is 0 Å². The lowest BCUT2D eigenvalue weighted by Gasteiger charge is -2.02.